The molecule has 0 spiro atoms. The van der Waals surface area contributed by atoms with Gasteiger partial charge in [-0.15, -0.1) is 0 Å². The molecule has 0 fully saturated rings. The monoisotopic (exact) mass is 714 g/mol. The fourth-order valence-corrected chi connectivity index (χ4v) is 3.40. The van der Waals surface area contributed by atoms with Crippen molar-refractivity contribution in [3.05, 3.63) is 23.8 Å². The van der Waals surface area contributed by atoms with Gasteiger partial charge in [-0.3, -0.25) is 4.79 Å². The zero-order chi connectivity index (χ0) is 36.6. The Hall–Kier alpha value is -2.77. The molecule has 1 aromatic rings. The highest BCUT2D eigenvalue weighted by Crippen LogP contribution is 2.55. The van der Waals surface area contributed by atoms with Crippen molar-refractivity contribution in [2.45, 2.75) is 94.3 Å². The van der Waals surface area contributed by atoms with E-state index in [0.29, 0.717) is 0 Å². The fraction of sp³-hybridized carbons (Fsp3) is 0.720. The SMILES string of the molecule is CC(C)(C)C(=O)c1ccc(OCCCC(F)(F)C(F)(F)C(F)(F)C(F)(F)F)c(OCCCC(F)(F)C(F)(F)C(F)(F)C(F)(F)F)c1. The lowest BCUT2D eigenvalue weighted by Crippen LogP contribution is -2.60. The van der Waals surface area contributed by atoms with Gasteiger partial charge in [-0.05, 0) is 31.0 Å². The van der Waals surface area contributed by atoms with Crippen LogP contribution < -0.4 is 9.47 Å². The lowest BCUT2D eigenvalue weighted by Gasteiger charge is -2.33. The normalized spacial score (nSPS) is 14.8. The zero-order valence-corrected chi connectivity index (χ0v) is 23.5. The molecule has 0 heterocycles. The summed E-state index contributed by atoms with van der Waals surface area (Å²) in [5.74, 6) is -41.9. The van der Waals surface area contributed by atoms with Crippen LogP contribution in [0.25, 0.3) is 0 Å². The van der Waals surface area contributed by atoms with Gasteiger partial charge in [0.05, 0.1) is 13.2 Å². The number of carbonyl (C=O) groups excluding carboxylic acids is 1. The van der Waals surface area contributed by atoms with E-state index in [4.69, 9.17) is 9.47 Å². The quantitative estimate of drug-likeness (QED) is 0.103. The molecule has 0 unspecified atom stereocenters. The molecule has 0 bridgehead atoms. The number of carbonyl (C=O) groups is 1. The van der Waals surface area contributed by atoms with Crippen LogP contribution in [-0.2, 0) is 0 Å². The summed E-state index contributed by atoms with van der Waals surface area (Å²) < 4.78 is 244. The molecule has 0 saturated carbocycles. The number of hydrogen-bond donors (Lipinski definition) is 0. The van der Waals surface area contributed by atoms with Crippen molar-refractivity contribution in [2.75, 3.05) is 13.2 Å². The van der Waals surface area contributed by atoms with Gasteiger partial charge in [0.2, 0.25) is 0 Å². The summed E-state index contributed by atoms with van der Waals surface area (Å²) in [4.78, 5) is 12.6. The second-order valence-corrected chi connectivity index (χ2v) is 10.8. The minimum atomic E-state index is -7.14. The van der Waals surface area contributed by atoms with Crippen molar-refractivity contribution >= 4 is 5.78 Å². The lowest BCUT2D eigenvalue weighted by atomic mass is 9.86. The molecule has 0 atom stereocenters. The molecule has 0 saturated heterocycles. The molecule has 1 aromatic carbocycles. The van der Waals surface area contributed by atoms with Gasteiger partial charge < -0.3 is 9.47 Å². The zero-order valence-electron chi connectivity index (χ0n) is 23.5. The third-order valence-electron chi connectivity index (χ3n) is 6.09. The minimum absolute atomic E-state index is 0.225. The van der Waals surface area contributed by atoms with Crippen molar-refractivity contribution in [1.29, 1.82) is 0 Å². The van der Waals surface area contributed by atoms with Crippen molar-refractivity contribution in [3.8, 4) is 11.5 Å². The first kappa shape index (κ1) is 41.3. The summed E-state index contributed by atoms with van der Waals surface area (Å²) >= 11 is 0. The number of halogens is 18. The average molecular weight is 714 g/mol. The summed E-state index contributed by atoms with van der Waals surface area (Å²) in [6.45, 7) is 1.94. The Labute approximate surface area is 248 Å². The maximum Gasteiger partial charge on any atom is 0.460 e. The van der Waals surface area contributed by atoms with Gasteiger partial charge in [-0.1, -0.05) is 20.8 Å². The van der Waals surface area contributed by atoms with E-state index >= 15 is 0 Å². The van der Waals surface area contributed by atoms with Crippen LogP contribution in [0.15, 0.2) is 18.2 Å². The molecule has 46 heavy (non-hydrogen) atoms. The van der Waals surface area contributed by atoms with E-state index in [-0.39, 0.29) is 5.56 Å². The molecular weight excluding hydrogens is 690 g/mol. The number of rotatable bonds is 15. The Kier molecular flexibility index (Phi) is 11.7. The minimum Gasteiger partial charge on any atom is -0.490 e. The largest absolute Gasteiger partial charge is 0.490 e. The fourth-order valence-electron chi connectivity index (χ4n) is 3.40. The number of hydrogen-bond acceptors (Lipinski definition) is 3. The number of benzene rings is 1. The second kappa shape index (κ2) is 13.0. The van der Waals surface area contributed by atoms with Gasteiger partial charge in [-0.25, -0.2) is 0 Å². The highest BCUT2D eigenvalue weighted by Gasteiger charge is 2.82. The Morgan fingerprint density at radius 2 is 0.891 bits per heavy atom. The first-order valence-electron chi connectivity index (χ1n) is 12.5. The van der Waals surface area contributed by atoms with E-state index in [1.54, 1.807) is 0 Å². The summed E-state index contributed by atoms with van der Waals surface area (Å²) in [6, 6.07) is 2.64. The topological polar surface area (TPSA) is 35.5 Å². The Morgan fingerprint density at radius 3 is 1.22 bits per heavy atom. The smallest absolute Gasteiger partial charge is 0.460 e. The molecule has 21 heteroatoms. The van der Waals surface area contributed by atoms with E-state index in [1.165, 1.54) is 20.8 Å². The van der Waals surface area contributed by atoms with E-state index in [0.717, 1.165) is 18.2 Å². The maximum absolute atomic E-state index is 13.8. The molecule has 0 aliphatic rings. The lowest BCUT2D eigenvalue weighted by molar-refractivity contribution is -0.396. The Balaban J connectivity index is 3.12. The average Bonchev–Trinajstić information content (AvgIpc) is 2.86. The van der Waals surface area contributed by atoms with Gasteiger partial charge in [0, 0.05) is 23.8 Å². The number of ketones is 1. The van der Waals surface area contributed by atoms with Crippen LogP contribution in [0, 0.1) is 5.41 Å². The summed E-state index contributed by atoms with van der Waals surface area (Å²) in [5.41, 5.74) is -1.33. The van der Waals surface area contributed by atoms with E-state index in [2.05, 4.69) is 0 Å². The van der Waals surface area contributed by atoms with Crippen LogP contribution in [0.5, 0.6) is 11.5 Å². The van der Waals surface area contributed by atoms with Crippen LogP contribution in [0.1, 0.15) is 56.8 Å². The molecule has 1 rings (SSSR count). The number of ether oxygens (including phenoxy) is 2. The van der Waals surface area contributed by atoms with Crippen LogP contribution >= 0.6 is 0 Å². The molecule has 0 aliphatic heterocycles. The van der Waals surface area contributed by atoms with Crippen LogP contribution in [-0.4, -0.2) is 66.9 Å². The van der Waals surface area contributed by atoms with Crippen molar-refractivity contribution in [2.24, 2.45) is 5.41 Å². The Bertz CT molecular complexity index is 1200. The maximum atomic E-state index is 13.8. The summed E-state index contributed by atoms with van der Waals surface area (Å²) in [6.07, 6.45) is -21.4. The van der Waals surface area contributed by atoms with Crippen LogP contribution in [0.4, 0.5) is 79.0 Å². The standard InChI is InChI=1S/C25H24F18O3/c1-17(2,3)16(44)13-6-7-14(45-10-4-8-18(26,27)20(30,31)22(34,35)24(38,39)40)15(12-13)46-11-5-9-19(28,29)21(32,33)23(36,37)25(41,42)43/h6-7,12H,4-5,8-11H2,1-3H3. The van der Waals surface area contributed by atoms with E-state index in [1.807, 2.05) is 0 Å². The first-order valence-corrected chi connectivity index (χ1v) is 12.5. The van der Waals surface area contributed by atoms with Crippen molar-refractivity contribution in [3.63, 3.8) is 0 Å². The van der Waals surface area contributed by atoms with E-state index in [9.17, 15) is 83.8 Å². The number of Topliss-reactive ketones (excluding diaryl/α,β-unsaturated/α-hetero) is 1. The predicted molar refractivity (Wildman–Crippen MR) is 121 cm³/mol. The van der Waals surface area contributed by atoms with Crippen molar-refractivity contribution in [1.82, 2.24) is 0 Å². The summed E-state index contributed by atoms with van der Waals surface area (Å²) in [7, 11) is 0. The van der Waals surface area contributed by atoms with Crippen LogP contribution in [0.3, 0.4) is 0 Å². The molecule has 268 valence electrons. The van der Waals surface area contributed by atoms with E-state index < -0.39 is 109 Å². The number of alkyl halides is 18. The molecular formula is C25H24F18O3. The second-order valence-electron chi connectivity index (χ2n) is 10.8. The van der Waals surface area contributed by atoms with Gasteiger partial charge in [-0.2, -0.15) is 79.0 Å². The molecule has 0 radical (unpaired) electrons. The predicted octanol–water partition coefficient (Wildman–Crippen LogP) is 10.2. The van der Waals surface area contributed by atoms with Gasteiger partial charge in [0.15, 0.2) is 17.3 Å². The van der Waals surface area contributed by atoms with Gasteiger partial charge in [0.1, 0.15) is 0 Å². The molecule has 0 N–H and O–H groups in total. The molecule has 0 aromatic heterocycles. The molecule has 0 aliphatic carbocycles. The molecule has 0 amide bonds. The Morgan fingerprint density at radius 1 is 0.543 bits per heavy atom. The highest BCUT2D eigenvalue weighted by atomic mass is 19.4. The van der Waals surface area contributed by atoms with Crippen molar-refractivity contribution < 1.29 is 93.3 Å². The van der Waals surface area contributed by atoms with Gasteiger partial charge >= 0.3 is 47.9 Å². The van der Waals surface area contributed by atoms with Gasteiger partial charge in [0.25, 0.3) is 0 Å². The summed E-state index contributed by atoms with van der Waals surface area (Å²) in [5, 5.41) is 0. The third kappa shape index (κ3) is 8.20. The van der Waals surface area contributed by atoms with Crippen LogP contribution in [0.2, 0.25) is 0 Å². The molecule has 3 nitrogen and oxygen atoms in total. The third-order valence-corrected chi connectivity index (χ3v) is 6.09. The highest BCUT2D eigenvalue weighted by molar-refractivity contribution is 6.00. The first-order chi connectivity index (χ1) is 20.2.